The van der Waals surface area contributed by atoms with Gasteiger partial charge in [-0.1, -0.05) is 25.0 Å². The van der Waals surface area contributed by atoms with Crippen LogP contribution in [0.2, 0.25) is 0 Å². The van der Waals surface area contributed by atoms with Crippen LogP contribution in [0.4, 0.5) is 9.18 Å². The Bertz CT molecular complexity index is 820. The number of nitrogens with zero attached hydrogens (tertiary/aromatic N) is 1. The Morgan fingerprint density at radius 3 is 2.45 bits per heavy atom. The van der Waals surface area contributed by atoms with E-state index < -0.39 is 48.0 Å². The Labute approximate surface area is 167 Å². The van der Waals surface area contributed by atoms with Crippen molar-refractivity contribution in [1.82, 2.24) is 15.5 Å². The van der Waals surface area contributed by atoms with Crippen molar-refractivity contribution in [2.45, 2.75) is 57.2 Å². The molecule has 1 aliphatic carbocycles. The highest BCUT2D eigenvalue weighted by Crippen LogP contribution is 2.34. The third-order valence-corrected chi connectivity index (χ3v) is 5.40. The number of urea groups is 1. The number of ether oxygens (including phenoxy) is 1. The normalized spacial score (nSPS) is 19.8. The Balaban J connectivity index is 1.52. The maximum Gasteiger partial charge on any atom is 0.327 e. The quantitative estimate of drug-likeness (QED) is 0.555. The van der Waals surface area contributed by atoms with E-state index >= 15 is 0 Å². The molecule has 0 bridgehead atoms. The predicted molar refractivity (Wildman–Crippen MR) is 100.0 cm³/mol. The van der Waals surface area contributed by atoms with Crippen LogP contribution in [0.15, 0.2) is 24.3 Å². The van der Waals surface area contributed by atoms with Crippen LogP contribution >= 0.6 is 0 Å². The zero-order valence-electron chi connectivity index (χ0n) is 16.4. The van der Waals surface area contributed by atoms with E-state index in [2.05, 4.69) is 10.6 Å². The molecular formula is C20H24FN3O5. The second-order valence-electron chi connectivity index (χ2n) is 7.52. The van der Waals surface area contributed by atoms with Gasteiger partial charge in [0.05, 0.1) is 6.04 Å². The number of benzene rings is 1. The van der Waals surface area contributed by atoms with Gasteiger partial charge < -0.3 is 15.4 Å². The average molecular weight is 405 g/mol. The maximum absolute atomic E-state index is 13.0. The largest absolute Gasteiger partial charge is 0.451 e. The Kier molecular flexibility index (Phi) is 5.86. The van der Waals surface area contributed by atoms with Crippen molar-refractivity contribution in [3.8, 4) is 0 Å². The number of carbonyl (C=O) groups excluding carboxylic acids is 4. The van der Waals surface area contributed by atoms with Crippen LogP contribution in [0, 0.1) is 5.82 Å². The molecule has 1 aliphatic heterocycles. The molecule has 2 aliphatic rings. The molecule has 0 radical (unpaired) electrons. The molecule has 156 valence electrons. The molecule has 8 nitrogen and oxygen atoms in total. The molecule has 2 unspecified atom stereocenters. The summed E-state index contributed by atoms with van der Waals surface area (Å²) in [5.41, 5.74) is -0.204. The predicted octanol–water partition coefficient (Wildman–Crippen LogP) is 1.80. The fourth-order valence-electron chi connectivity index (χ4n) is 3.72. The van der Waals surface area contributed by atoms with Crippen LogP contribution in [-0.4, -0.2) is 46.9 Å². The van der Waals surface area contributed by atoms with E-state index in [1.165, 1.54) is 19.1 Å². The maximum atomic E-state index is 13.0. The van der Waals surface area contributed by atoms with Gasteiger partial charge in [0.25, 0.3) is 11.8 Å². The summed E-state index contributed by atoms with van der Waals surface area (Å²) < 4.78 is 18.1. The highest BCUT2D eigenvalue weighted by Gasteiger charge is 2.52. The van der Waals surface area contributed by atoms with Gasteiger partial charge in [0.1, 0.15) is 17.9 Å². The molecule has 0 aromatic heterocycles. The number of nitrogens with one attached hydrogen (secondary N) is 2. The SMILES string of the molecule is CC(OC(=O)CN1C(=O)NC2(CCCC2)C1=O)C(=O)NC(C)c1ccc(F)cc1. The number of amides is 4. The molecule has 29 heavy (non-hydrogen) atoms. The number of hydrogen-bond acceptors (Lipinski definition) is 5. The molecule has 1 aromatic rings. The summed E-state index contributed by atoms with van der Waals surface area (Å²) in [4.78, 5) is 50.0. The summed E-state index contributed by atoms with van der Waals surface area (Å²) in [7, 11) is 0. The summed E-state index contributed by atoms with van der Waals surface area (Å²) in [5.74, 6) is -2.19. The third kappa shape index (κ3) is 4.38. The van der Waals surface area contributed by atoms with Gasteiger partial charge in [0, 0.05) is 0 Å². The van der Waals surface area contributed by atoms with E-state index in [4.69, 9.17) is 4.74 Å². The van der Waals surface area contributed by atoms with Crippen molar-refractivity contribution >= 4 is 23.8 Å². The third-order valence-electron chi connectivity index (χ3n) is 5.40. The number of rotatable bonds is 6. The molecule has 1 saturated carbocycles. The van der Waals surface area contributed by atoms with E-state index in [1.807, 2.05) is 0 Å². The molecule has 1 aromatic carbocycles. The van der Waals surface area contributed by atoms with Crippen molar-refractivity contribution in [2.75, 3.05) is 6.54 Å². The summed E-state index contributed by atoms with van der Waals surface area (Å²) in [6.07, 6.45) is 1.68. The van der Waals surface area contributed by atoms with Gasteiger partial charge in [-0.25, -0.2) is 9.18 Å². The van der Waals surface area contributed by atoms with Gasteiger partial charge in [-0.15, -0.1) is 0 Å². The highest BCUT2D eigenvalue weighted by atomic mass is 19.1. The molecular weight excluding hydrogens is 381 g/mol. The zero-order valence-corrected chi connectivity index (χ0v) is 16.4. The van der Waals surface area contributed by atoms with Crippen molar-refractivity contribution in [1.29, 1.82) is 0 Å². The minimum absolute atomic E-state index is 0.380. The minimum atomic E-state index is -1.12. The van der Waals surface area contributed by atoms with Crippen LogP contribution in [0.5, 0.6) is 0 Å². The van der Waals surface area contributed by atoms with E-state index in [9.17, 15) is 23.6 Å². The van der Waals surface area contributed by atoms with Crippen molar-refractivity contribution in [3.05, 3.63) is 35.6 Å². The standard InChI is InChI=1S/C20H24FN3O5/c1-12(14-5-7-15(21)8-6-14)22-17(26)13(2)29-16(25)11-24-18(27)20(23-19(24)28)9-3-4-10-20/h5-8,12-13H,3-4,9-11H2,1-2H3,(H,22,26)(H,23,28). The summed E-state index contributed by atoms with van der Waals surface area (Å²) in [6.45, 7) is 2.57. The first-order valence-electron chi connectivity index (χ1n) is 9.61. The number of esters is 1. The van der Waals surface area contributed by atoms with Crippen LogP contribution in [-0.2, 0) is 19.1 Å². The van der Waals surface area contributed by atoms with Crippen LogP contribution in [0.25, 0.3) is 0 Å². The van der Waals surface area contributed by atoms with Gasteiger partial charge in [0.15, 0.2) is 6.10 Å². The second-order valence-corrected chi connectivity index (χ2v) is 7.52. The van der Waals surface area contributed by atoms with Crippen LogP contribution in [0.3, 0.4) is 0 Å². The zero-order chi connectivity index (χ0) is 21.2. The molecule has 2 atom stereocenters. The molecule has 1 saturated heterocycles. The van der Waals surface area contributed by atoms with Crippen molar-refractivity contribution < 1.29 is 28.3 Å². The number of halogens is 1. The Morgan fingerprint density at radius 1 is 1.21 bits per heavy atom. The lowest BCUT2D eigenvalue weighted by atomic mass is 9.98. The van der Waals surface area contributed by atoms with E-state index in [0.29, 0.717) is 18.4 Å². The topological polar surface area (TPSA) is 105 Å². The lowest BCUT2D eigenvalue weighted by molar-refractivity contribution is -0.156. The molecule has 2 fully saturated rings. The fraction of sp³-hybridized carbons (Fsp3) is 0.500. The molecule has 9 heteroatoms. The number of hydrogen-bond donors (Lipinski definition) is 2. The number of carbonyl (C=O) groups is 4. The second kappa shape index (κ2) is 8.18. The van der Waals surface area contributed by atoms with Crippen molar-refractivity contribution in [3.63, 3.8) is 0 Å². The summed E-state index contributed by atoms with van der Waals surface area (Å²) in [6, 6.07) is 4.64. The molecule has 2 N–H and O–H groups in total. The lowest BCUT2D eigenvalue weighted by Crippen LogP contribution is -2.45. The highest BCUT2D eigenvalue weighted by molar-refractivity contribution is 6.08. The summed E-state index contributed by atoms with van der Waals surface area (Å²) in [5, 5.41) is 5.36. The molecule has 4 amide bonds. The van der Waals surface area contributed by atoms with Gasteiger partial charge in [-0.05, 0) is 44.4 Å². The average Bonchev–Trinajstić information content (AvgIpc) is 3.23. The van der Waals surface area contributed by atoms with E-state index in [0.717, 1.165) is 17.7 Å². The molecule has 1 heterocycles. The van der Waals surface area contributed by atoms with Crippen molar-refractivity contribution in [2.24, 2.45) is 0 Å². The fourth-order valence-corrected chi connectivity index (χ4v) is 3.72. The first-order chi connectivity index (χ1) is 13.7. The van der Waals surface area contributed by atoms with E-state index in [1.54, 1.807) is 19.1 Å². The van der Waals surface area contributed by atoms with Crippen LogP contribution < -0.4 is 10.6 Å². The Morgan fingerprint density at radius 2 is 1.83 bits per heavy atom. The monoisotopic (exact) mass is 405 g/mol. The minimum Gasteiger partial charge on any atom is -0.451 e. The van der Waals surface area contributed by atoms with Gasteiger partial charge in [-0.2, -0.15) is 0 Å². The van der Waals surface area contributed by atoms with Gasteiger partial charge in [-0.3, -0.25) is 19.3 Å². The molecule has 1 spiro atoms. The summed E-state index contributed by atoms with van der Waals surface area (Å²) >= 11 is 0. The van der Waals surface area contributed by atoms with Gasteiger partial charge in [0.2, 0.25) is 0 Å². The number of imide groups is 1. The first-order valence-corrected chi connectivity index (χ1v) is 9.61. The van der Waals surface area contributed by atoms with Crippen LogP contribution in [0.1, 0.15) is 51.1 Å². The first kappa shape index (κ1) is 20.8. The molecule has 3 rings (SSSR count). The smallest absolute Gasteiger partial charge is 0.327 e. The lowest BCUT2D eigenvalue weighted by Gasteiger charge is -2.21. The van der Waals surface area contributed by atoms with Gasteiger partial charge >= 0.3 is 12.0 Å². The Hall–Kier alpha value is -2.97. The van der Waals surface area contributed by atoms with E-state index in [-0.39, 0.29) is 5.82 Å².